The van der Waals surface area contributed by atoms with Crippen LogP contribution in [0.2, 0.25) is 0 Å². The molecule has 2 N–H and O–H groups in total. The summed E-state index contributed by atoms with van der Waals surface area (Å²) < 4.78 is 0. The maximum Gasteiger partial charge on any atom is 0.221 e. The third-order valence-electron chi connectivity index (χ3n) is 5.31. The summed E-state index contributed by atoms with van der Waals surface area (Å²) in [5, 5.41) is 8.63. The number of carbonyl (C=O) groups excluding carboxylic acids is 1. The molecule has 2 aromatic heterocycles. The van der Waals surface area contributed by atoms with E-state index in [0.717, 1.165) is 6.42 Å². The molecule has 0 saturated heterocycles. The van der Waals surface area contributed by atoms with E-state index in [2.05, 4.69) is 79.2 Å². The standard InChI is InChI=1S/C22H28N2OS/c1-5-16-7-6-8-18-20(12-23-22(16)18)19(17-9-10-26-13-17)11-21(25)24-15(4)14(2)3/h6-10,12-15,19,23H,5,11H2,1-4H3,(H,24,25). The molecule has 0 fully saturated rings. The first-order valence-electron chi connectivity index (χ1n) is 9.41. The van der Waals surface area contributed by atoms with Crippen LogP contribution in [0.5, 0.6) is 0 Å². The minimum atomic E-state index is 0.0708. The molecule has 0 bridgehead atoms. The monoisotopic (exact) mass is 368 g/mol. The van der Waals surface area contributed by atoms with Crippen LogP contribution in [0.25, 0.3) is 10.9 Å². The fraction of sp³-hybridized carbons (Fsp3) is 0.409. The Balaban J connectivity index is 1.94. The summed E-state index contributed by atoms with van der Waals surface area (Å²) in [5.41, 5.74) is 4.93. The molecule has 138 valence electrons. The summed E-state index contributed by atoms with van der Waals surface area (Å²) >= 11 is 1.68. The number of benzene rings is 1. The van der Waals surface area contributed by atoms with Gasteiger partial charge in [0.1, 0.15) is 0 Å². The maximum absolute atomic E-state index is 12.7. The van der Waals surface area contributed by atoms with E-state index in [1.54, 1.807) is 11.3 Å². The Bertz CT molecular complexity index is 864. The number of amides is 1. The van der Waals surface area contributed by atoms with Gasteiger partial charge in [0.2, 0.25) is 5.91 Å². The number of H-pyrrole nitrogens is 1. The second-order valence-corrected chi connectivity index (χ2v) is 8.13. The van der Waals surface area contributed by atoms with Gasteiger partial charge in [-0.2, -0.15) is 11.3 Å². The highest BCUT2D eigenvalue weighted by atomic mass is 32.1. The molecule has 2 heterocycles. The lowest BCUT2D eigenvalue weighted by atomic mass is 9.89. The molecule has 3 aromatic rings. The number of rotatable bonds is 7. The first kappa shape index (κ1) is 18.7. The Morgan fingerprint density at radius 3 is 2.69 bits per heavy atom. The van der Waals surface area contributed by atoms with E-state index in [9.17, 15) is 4.79 Å². The predicted molar refractivity (Wildman–Crippen MR) is 111 cm³/mol. The Labute approximate surface area is 159 Å². The van der Waals surface area contributed by atoms with Gasteiger partial charge < -0.3 is 10.3 Å². The second-order valence-electron chi connectivity index (χ2n) is 7.35. The molecule has 0 radical (unpaired) electrons. The van der Waals surface area contributed by atoms with Gasteiger partial charge in [-0.15, -0.1) is 0 Å². The van der Waals surface area contributed by atoms with Crippen LogP contribution in [0, 0.1) is 5.92 Å². The van der Waals surface area contributed by atoms with Gasteiger partial charge in [0, 0.05) is 35.5 Å². The van der Waals surface area contributed by atoms with Crippen LogP contribution in [0.4, 0.5) is 0 Å². The van der Waals surface area contributed by atoms with Gasteiger partial charge in [0.15, 0.2) is 0 Å². The van der Waals surface area contributed by atoms with E-state index in [-0.39, 0.29) is 17.9 Å². The highest BCUT2D eigenvalue weighted by Gasteiger charge is 2.23. The van der Waals surface area contributed by atoms with E-state index < -0.39 is 0 Å². The van der Waals surface area contributed by atoms with E-state index in [4.69, 9.17) is 0 Å². The van der Waals surface area contributed by atoms with Gasteiger partial charge in [0.25, 0.3) is 0 Å². The zero-order valence-electron chi connectivity index (χ0n) is 16.0. The molecule has 3 rings (SSSR count). The third kappa shape index (κ3) is 3.85. The van der Waals surface area contributed by atoms with Gasteiger partial charge >= 0.3 is 0 Å². The fourth-order valence-corrected chi connectivity index (χ4v) is 4.08. The Morgan fingerprint density at radius 1 is 1.23 bits per heavy atom. The van der Waals surface area contributed by atoms with Gasteiger partial charge in [0.05, 0.1) is 0 Å². The van der Waals surface area contributed by atoms with Gasteiger partial charge in [-0.25, -0.2) is 0 Å². The summed E-state index contributed by atoms with van der Waals surface area (Å²) in [4.78, 5) is 16.2. The van der Waals surface area contributed by atoms with Gasteiger partial charge in [-0.05, 0) is 52.8 Å². The van der Waals surface area contributed by atoms with Crippen LogP contribution in [-0.2, 0) is 11.2 Å². The topological polar surface area (TPSA) is 44.9 Å². The average Bonchev–Trinajstić information content (AvgIpc) is 3.29. The number of hydrogen-bond acceptors (Lipinski definition) is 2. The zero-order chi connectivity index (χ0) is 18.7. The molecule has 4 heteroatoms. The molecular formula is C22H28N2OS. The predicted octanol–water partition coefficient (Wildman–Crippen LogP) is 5.47. The summed E-state index contributed by atoms with van der Waals surface area (Å²) in [6.07, 6.45) is 3.55. The van der Waals surface area contributed by atoms with Crippen molar-refractivity contribution in [2.24, 2.45) is 5.92 Å². The smallest absolute Gasteiger partial charge is 0.221 e. The lowest BCUT2D eigenvalue weighted by Crippen LogP contribution is -2.36. The highest BCUT2D eigenvalue weighted by Crippen LogP contribution is 2.35. The maximum atomic E-state index is 12.7. The van der Waals surface area contributed by atoms with Crippen molar-refractivity contribution in [3.63, 3.8) is 0 Å². The van der Waals surface area contributed by atoms with Crippen LogP contribution in [0.3, 0.4) is 0 Å². The normalized spacial score (nSPS) is 13.9. The van der Waals surface area contributed by atoms with Crippen molar-refractivity contribution in [2.75, 3.05) is 0 Å². The Morgan fingerprint density at radius 2 is 2.04 bits per heavy atom. The number of aryl methyl sites for hydroxylation is 1. The minimum Gasteiger partial charge on any atom is -0.361 e. The molecule has 0 aliphatic heterocycles. The van der Waals surface area contributed by atoms with Crippen LogP contribution < -0.4 is 5.32 Å². The molecular weight excluding hydrogens is 340 g/mol. The van der Waals surface area contributed by atoms with E-state index in [1.165, 1.54) is 27.6 Å². The second kappa shape index (κ2) is 8.09. The first-order chi connectivity index (χ1) is 12.5. The third-order valence-corrected chi connectivity index (χ3v) is 6.02. The molecule has 1 amide bonds. The number of carbonyl (C=O) groups is 1. The van der Waals surface area contributed by atoms with Crippen molar-refractivity contribution in [1.29, 1.82) is 0 Å². The highest BCUT2D eigenvalue weighted by molar-refractivity contribution is 7.08. The first-order valence-corrected chi connectivity index (χ1v) is 10.4. The number of fused-ring (bicyclic) bond motifs is 1. The molecule has 0 aliphatic rings. The van der Waals surface area contributed by atoms with Crippen molar-refractivity contribution in [2.45, 2.75) is 52.5 Å². The Kier molecular flexibility index (Phi) is 5.82. The summed E-state index contributed by atoms with van der Waals surface area (Å²) in [7, 11) is 0. The van der Waals surface area contributed by atoms with Crippen LogP contribution in [0.15, 0.2) is 41.2 Å². The molecule has 26 heavy (non-hydrogen) atoms. The fourth-order valence-electron chi connectivity index (χ4n) is 3.37. The van der Waals surface area contributed by atoms with Crippen LogP contribution >= 0.6 is 11.3 Å². The van der Waals surface area contributed by atoms with Crippen molar-refractivity contribution in [3.8, 4) is 0 Å². The van der Waals surface area contributed by atoms with E-state index in [1.807, 2.05) is 0 Å². The SMILES string of the molecule is CCc1cccc2c(C(CC(=O)NC(C)C(C)C)c3ccsc3)c[nH]c12. The molecule has 1 aromatic carbocycles. The van der Waals surface area contributed by atoms with Crippen molar-refractivity contribution >= 4 is 28.1 Å². The van der Waals surface area contributed by atoms with E-state index >= 15 is 0 Å². The van der Waals surface area contributed by atoms with Crippen LogP contribution in [-0.4, -0.2) is 16.9 Å². The number of para-hydroxylation sites is 1. The van der Waals surface area contributed by atoms with Crippen molar-refractivity contribution in [3.05, 3.63) is 57.9 Å². The Hall–Kier alpha value is -2.07. The molecule has 3 nitrogen and oxygen atoms in total. The van der Waals surface area contributed by atoms with Crippen molar-refractivity contribution < 1.29 is 4.79 Å². The minimum absolute atomic E-state index is 0.0708. The van der Waals surface area contributed by atoms with Crippen LogP contribution in [0.1, 0.15) is 56.7 Å². The van der Waals surface area contributed by atoms with E-state index in [0.29, 0.717) is 12.3 Å². The largest absolute Gasteiger partial charge is 0.361 e. The number of nitrogens with one attached hydrogen (secondary N) is 2. The number of hydrogen-bond donors (Lipinski definition) is 2. The van der Waals surface area contributed by atoms with Gasteiger partial charge in [-0.3, -0.25) is 4.79 Å². The molecule has 2 atom stereocenters. The lowest BCUT2D eigenvalue weighted by Gasteiger charge is -2.20. The van der Waals surface area contributed by atoms with Crippen molar-refractivity contribution in [1.82, 2.24) is 10.3 Å². The lowest BCUT2D eigenvalue weighted by molar-refractivity contribution is -0.122. The zero-order valence-corrected chi connectivity index (χ0v) is 16.8. The average molecular weight is 369 g/mol. The van der Waals surface area contributed by atoms with Gasteiger partial charge in [-0.1, -0.05) is 39.0 Å². The number of thiophene rings is 1. The molecule has 0 saturated carbocycles. The summed E-state index contributed by atoms with van der Waals surface area (Å²) in [6.45, 7) is 8.51. The molecule has 2 unspecified atom stereocenters. The summed E-state index contributed by atoms with van der Waals surface area (Å²) in [6, 6.07) is 8.76. The molecule has 0 spiro atoms. The quantitative estimate of drug-likeness (QED) is 0.570. The molecule has 0 aliphatic carbocycles. The number of aromatic nitrogens is 1. The summed E-state index contributed by atoms with van der Waals surface area (Å²) in [5.74, 6) is 0.614. The number of aromatic amines is 1.